The number of hydrogen-bond acceptors (Lipinski definition) is 8. The lowest BCUT2D eigenvalue weighted by Crippen LogP contribution is -2.51. The zero-order valence-electron chi connectivity index (χ0n) is 9.58. The average molecular weight is 272 g/mol. The van der Waals surface area contributed by atoms with E-state index in [1.165, 1.54) is 0 Å². The van der Waals surface area contributed by atoms with E-state index in [4.69, 9.17) is 38.1 Å². The molecular formula is C8H20O8Si. The van der Waals surface area contributed by atoms with E-state index in [2.05, 4.69) is 0 Å². The molecule has 0 rings (SSSR count). The van der Waals surface area contributed by atoms with E-state index in [0.717, 1.165) is 0 Å². The summed E-state index contributed by atoms with van der Waals surface area (Å²) in [4.78, 5) is 0. The zero-order valence-corrected chi connectivity index (χ0v) is 10.6. The Morgan fingerprint density at radius 1 is 0.529 bits per heavy atom. The summed E-state index contributed by atoms with van der Waals surface area (Å²) in [6, 6.07) is 0. The Morgan fingerprint density at radius 2 is 0.765 bits per heavy atom. The Hall–Kier alpha value is -0.103. The second kappa shape index (κ2) is 11.0. The number of hydrogen-bond donors (Lipinski definition) is 4. The van der Waals surface area contributed by atoms with Crippen molar-refractivity contribution >= 4 is 9.05 Å². The van der Waals surface area contributed by atoms with Crippen LogP contribution < -0.4 is 0 Å². The van der Waals surface area contributed by atoms with Gasteiger partial charge in [-0.2, -0.15) is 0 Å². The summed E-state index contributed by atoms with van der Waals surface area (Å²) in [7, 11) is -3.52. The summed E-state index contributed by atoms with van der Waals surface area (Å²) in [5.41, 5.74) is 0. The van der Waals surface area contributed by atoms with E-state index in [1.807, 2.05) is 0 Å². The van der Waals surface area contributed by atoms with Crippen LogP contribution in [0.4, 0.5) is 0 Å². The summed E-state index contributed by atoms with van der Waals surface area (Å²) in [5.74, 6) is 0. The molecule has 104 valence electrons. The fourth-order valence-corrected chi connectivity index (χ4v) is 2.80. The third-order valence-electron chi connectivity index (χ3n) is 1.48. The van der Waals surface area contributed by atoms with E-state index in [1.54, 1.807) is 0 Å². The van der Waals surface area contributed by atoms with Gasteiger partial charge in [-0.25, -0.2) is 0 Å². The lowest BCUT2D eigenvalue weighted by molar-refractivity contribution is -0.0547. The molecule has 0 aromatic heterocycles. The first kappa shape index (κ1) is 16.9. The molecule has 0 atom stereocenters. The van der Waals surface area contributed by atoms with Crippen LogP contribution in [0.1, 0.15) is 0 Å². The summed E-state index contributed by atoms with van der Waals surface area (Å²) in [5, 5.41) is 34.8. The smallest absolute Gasteiger partial charge is 0.394 e. The van der Waals surface area contributed by atoms with Gasteiger partial charge >= 0.3 is 9.05 Å². The van der Waals surface area contributed by atoms with Crippen LogP contribution in [0.5, 0.6) is 0 Å². The zero-order chi connectivity index (χ0) is 13.0. The first-order valence-corrected chi connectivity index (χ1v) is 6.87. The van der Waals surface area contributed by atoms with Gasteiger partial charge in [0.1, 0.15) is 0 Å². The van der Waals surface area contributed by atoms with E-state index < -0.39 is 9.05 Å². The molecule has 0 fully saturated rings. The number of aliphatic hydroxyl groups excluding tert-OH is 4. The summed E-state index contributed by atoms with van der Waals surface area (Å²) in [6.45, 7) is -1.24. The monoisotopic (exact) mass is 272 g/mol. The molecule has 0 aliphatic carbocycles. The molecule has 0 heterocycles. The minimum atomic E-state index is -3.52. The van der Waals surface area contributed by atoms with Crippen LogP contribution >= 0.6 is 0 Å². The van der Waals surface area contributed by atoms with Crippen molar-refractivity contribution in [1.82, 2.24) is 0 Å². The van der Waals surface area contributed by atoms with E-state index in [9.17, 15) is 0 Å². The van der Waals surface area contributed by atoms with Crippen LogP contribution in [0.2, 0.25) is 0 Å². The van der Waals surface area contributed by atoms with Crippen LogP contribution in [0.25, 0.3) is 0 Å². The minimum Gasteiger partial charge on any atom is -0.394 e. The highest BCUT2D eigenvalue weighted by molar-refractivity contribution is 6.53. The van der Waals surface area contributed by atoms with Gasteiger partial charge in [-0.3, -0.25) is 0 Å². The Morgan fingerprint density at radius 3 is 0.941 bits per heavy atom. The predicted molar refractivity (Wildman–Crippen MR) is 57.9 cm³/mol. The highest BCUT2D eigenvalue weighted by Crippen LogP contribution is 2.11. The molecule has 0 aromatic rings. The SMILES string of the molecule is OCCO[Si](OCCO)(OCCO)OCCO. The molecule has 8 nitrogen and oxygen atoms in total. The van der Waals surface area contributed by atoms with Crippen molar-refractivity contribution in [2.75, 3.05) is 52.9 Å². The van der Waals surface area contributed by atoms with Crippen molar-refractivity contribution in [3.05, 3.63) is 0 Å². The molecule has 0 radical (unpaired) electrons. The molecular weight excluding hydrogens is 252 g/mol. The average Bonchev–Trinajstić information content (AvgIpc) is 2.37. The van der Waals surface area contributed by atoms with Crippen molar-refractivity contribution in [1.29, 1.82) is 0 Å². The van der Waals surface area contributed by atoms with Gasteiger partial charge in [0.15, 0.2) is 0 Å². The lowest BCUT2D eigenvalue weighted by atomic mass is 10.8. The van der Waals surface area contributed by atoms with Crippen molar-refractivity contribution in [2.24, 2.45) is 0 Å². The molecule has 17 heavy (non-hydrogen) atoms. The first-order chi connectivity index (χ1) is 8.24. The van der Waals surface area contributed by atoms with Crippen molar-refractivity contribution in [3.8, 4) is 0 Å². The molecule has 0 amide bonds. The van der Waals surface area contributed by atoms with Crippen molar-refractivity contribution in [3.63, 3.8) is 0 Å². The summed E-state index contributed by atoms with van der Waals surface area (Å²) >= 11 is 0. The van der Waals surface area contributed by atoms with Crippen LogP contribution in [0, 0.1) is 0 Å². The van der Waals surface area contributed by atoms with Gasteiger partial charge in [-0.05, 0) is 0 Å². The van der Waals surface area contributed by atoms with Crippen LogP contribution in [-0.4, -0.2) is 82.3 Å². The van der Waals surface area contributed by atoms with Gasteiger partial charge in [0, 0.05) is 0 Å². The summed E-state index contributed by atoms with van der Waals surface area (Å²) < 4.78 is 20.7. The predicted octanol–water partition coefficient (Wildman–Crippen LogP) is -2.54. The van der Waals surface area contributed by atoms with Gasteiger partial charge < -0.3 is 38.1 Å². The molecule has 0 saturated heterocycles. The van der Waals surface area contributed by atoms with Gasteiger partial charge in [-0.15, -0.1) is 0 Å². The van der Waals surface area contributed by atoms with Gasteiger partial charge in [0.05, 0.1) is 52.9 Å². The topological polar surface area (TPSA) is 118 Å². The molecule has 0 unspecified atom stereocenters. The highest BCUT2D eigenvalue weighted by Gasteiger charge is 2.45. The second-order valence-electron chi connectivity index (χ2n) is 2.79. The molecule has 4 N–H and O–H groups in total. The molecule has 0 saturated carbocycles. The van der Waals surface area contributed by atoms with E-state index in [0.29, 0.717) is 0 Å². The second-order valence-corrected chi connectivity index (χ2v) is 4.94. The quantitative estimate of drug-likeness (QED) is 0.287. The van der Waals surface area contributed by atoms with Gasteiger partial charge in [0.25, 0.3) is 0 Å². The van der Waals surface area contributed by atoms with Crippen LogP contribution in [-0.2, 0) is 17.7 Å². The molecule has 9 heteroatoms. The largest absolute Gasteiger partial charge is 0.680 e. The van der Waals surface area contributed by atoms with E-state index >= 15 is 0 Å². The molecule has 0 aliphatic heterocycles. The first-order valence-electron chi connectivity index (χ1n) is 5.24. The maximum atomic E-state index is 8.69. The van der Waals surface area contributed by atoms with E-state index in [-0.39, 0.29) is 52.9 Å². The van der Waals surface area contributed by atoms with Crippen molar-refractivity contribution < 1.29 is 38.1 Å². The Bertz CT molecular complexity index is 132. The van der Waals surface area contributed by atoms with Gasteiger partial charge in [-0.1, -0.05) is 0 Å². The maximum absolute atomic E-state index is 8.69. The minimum absolute atomic E-state index is 0.0610. The fraction of sp³-hybridized carbons (Fsp3) is 1.00. The third kappa shape index (κ3) is 7.75. The normalized spacial score (nSPS) is 12.0. The highest BCUT2D eigenvalue weighted by atomic mass is 28.4. The molecule has 0 aliphatic rings. The Kier molecular flexibility index (Phi) is 10.9. The lowest BCUT2D eigenvalue weighted by Gasteiger charge is -2.27. The fourth-order valence-electron chi connectivity index (χ4n) is 0.933. The van der Waals surface area contributed by atoms with Crippen LogP contribution in [0.15, 0.2) is 0 Å². The molecule has 0 spiro atoms. The maximum Gasteiger partial charge on any atom is 0.680 e. The standard InChI is InChI=1S/C8H20O8Si/c9-1-5-13-17(14-6-2-10,15-7-3-11)16-8-4-12/h9-12H,1-8H2. The van der Waals surface area contributed by atoms with Crippen LogP contribution in [0.3, 0.4) is 0 Å². The Balaban J connectivity index is 4.39. The van der Waals surface area contributed by atoms with Crippen molar-refractivity contribution in [2.45, 2.75) is 0 Å². The Labute approximate surface area is 101 Å². The third-order valence-corrected chi connectivity index (χ3v) is 3.71. The number of aliphatic hydroxyl groups is 4. The van der Waals surface area contributed by atoms with Gasteiger partial charge in [0.2, 0.25) is 0 Å². The molecule has 0 bridgehead atoms. The molecule has 0 aromatic carbocycles. The summed E-state index contributed by atoms with van der Waals surface area (Å²) in [6.07, 6.45) is 0. The number of rotatable bonds is 12.